The monoisotopic (exact) mass is 256 g/mol. The number of fused-ring (bicyclic) bond motifs is 1. The maximum Gasteiger partial charge on any atom is 0.137 e. The first kappa shape index (κ1) is 12.4. The largest absolute Gasteiger partial charge is 0.330 e. The van der Waals surface area contributed by atoms with E-state index >= 15 is 0 Å². The Balaban J connectivity index is 1.64. The molecule has 1 aromatic carbocycles. The fourth-order valence-electron chi connectivity index (χ4n) is 3.05. The van der Waals surface area contributed by atoms with E-state index in [2.05, 4.69) is 15.6 Å². The van der Waals surface area contributed by atoms with Gasteiger partial charge in [-0.25, -0.2) is 4.98 Å². The molecule has 1 fully saturated rings. The van der Waals surface area contributed by atoms with Gasteiger partial charge in [-0.05, 0) is 25.0 Å². The summed E-state index contributed by atoms with van der Waals surface area (Å²) < 4.78 is 2.09. The highest BCUT2D eigenvalue weighted by molar-refractivity contribution is 5.81. The Kier molecular flexibility index (Phi) is 3.62. The van der Waals surface area contributed by atoms with Crippen LogP contribution in [0.5, 0.6) is 0 Å². The molecular formula is C16H20N2O. The van der Waals surface area contributed by atoms with Crippen LogP contribution in [0.4, 0.5) is 0 Å². The number of Topliss-reactive ketones (excluding diaryl/α,β-unsaturated/α-hetero) is 1. The fourth-order valence-corrected chi connectivity index (χ4v) is 3.05. The third kappa shape index (κ3) is 2.70. The number of nitrogens with zero attached hydrogens (tertiary/aromatic N) is 2. The van der Waals surface area contributed by atoms with E-state index in [1.807, 2.05) is 24.5 Å². The van der Waals surface area contributed by atoms with Gasteiger partial charge in [0.05, 0.1) is 17.4 Å². The zero-order valence-corrected chi connectivity index (χ0v) is 11.2. The Morgan fingerprint density at radius 1 is 1.21 bits per heavy atom. The number of rotatable bonds is 4. The van der Waals surface area contributed by atoms with Crippen molar-refractivity contribution < 1.29 is 4.79 Å². The van der Waals surface area contributed by atoms with Gasteiger partial charge >= 0.3 is 0 Å². The minimum atomic E-state index is 0.323. The van der Waals surface area contributed by atoms with Gasteiger partial charge in [-0.1, -0.05) is 31.4 Å². The Morgan fingerprint density at radius 3 is 2.84 bits per heavy atom. The second kappa shape index (κ2) is 5.55. The zero-order chi connectivity index (χ0) is 13.1. The molecule has 0 radical (unpaired) electrons. The van der Waals surface area contributed by atoms with E-state index in [4.69, 9.17) is 0 Å². The minimum Gasteiger partial charge on any atom is -0.330 e. The van der Waals surface area contributed by atoms with Crippen molar-refractivity contribution in [3.05, 3.63) is 30.6 Å². The molecule has 0 aliphatic heterocycles. The highest BCUT2D eigenvalue weighted by Gasteiger charge is 2.20. The predicted molar refractivity (Wildman–Crippen MR) is 75.9 cm³/mol. The second-order valence-corrected chi connectivity index (χ2v) is 5.48. The Labute approximate surface area is 113 Å². The maximum absolute atomic E-state index is 12.2. The first-order valence-corrected chi connectivity index (χ1v) is 7.27. The fraction of sp³-hybridized carbons (Fsp3) is 0.500. The molecule has 100 valence electrons. The summed E-state index contributed by atoms with van der Waals surface area (Å²) in [4.78, 5) is 16.6. The van der Waals surface area contributed by atoms with Gasteiger partial charge in [0.15, 0.2) is 0 Å². The molecule has 19 heavy (non-hydrogen) atoms. The Hall–Kier alpha value is -1.64. The van der Waals surface area contributed by atoms with Crippen LogP contribution in [0.1, 0.15) is 38.5 Å². The third-order valence-corrected chi connectivity index (χ3v) is 4.19. The van der Waals surface area contributed by atoms with Gasteiger partial charge in [-0.2, -0.15) is 0 Å². The van der Waals surface area contributed by atoms with E-state index in [-0.39, 0.29) is 0 Å². The average Bonchev–Trinajstić information content (AvgIpc) is 2.89. The first-order chi connectivity index (χ1) is 9.34. The molecule has 0 N–H and O–H groups in total. The number of imidazole rings is 1. The van der Waals surface area contributed by atoms with Crippen molar-refractivity contribution in [3.63, 3.8) is 0 Å². The third-order valence-electron chi connectivity index (χ3n) is 4.19. The molecule has 1 heterocycles. The number of hydrogen-bond acceptors (Lipinski definition) is 2. The van der Waals surface area contributed by atoms with Gasteiger partial charge in [0.2, 0.25) is 0 Å². The molecule has 0 bridgehead atoms. The number of benzene rings is 1. The van der Waals surface area contributed by atoms with Crippen molar-refractivity contribution in [2.24, 2.45) is 5.92 Å². The summed E-state index contributed by atoms with van der Waals surface area (Å²) in [6.45, 7) is 0.760. The lowest BCUT2D eigenvalue weighted by molar-refractivity contribution is -0.124. The van der Waals surface area contributed by atoms with Crippen LogP contribution in [0.2, 0.25) is 0 Å². The average molecular weight is 256 g/mol. The van der Waals surface area contributed by atoms with Crippen molar-refractivity contribution in [3.8, 4) is 0 Å². The van der Waals surface area contributed by atoms with Crippen LogP contribution >= 0.6 is 0 Å². The van der Waals surface area contributed by atoms with Crippen LogP contribution in [-0.4, -0.2) is 15.3 Å². The van der Waals surface area contributed by atoms with Crippen LogP contribution in [0.3, 0.4) is 0 Å². The first-order valence-electron chi connectivity index (χ1n) is 7.27. The van der Waals surface area contributed by atoms with E-state index < -0.39 is 0 Å². The van der Waals surface area contributed by atoms with Gasteiger partial charge < -0.3 is 4.57 Å². The molecule has 0 unspecified atom stereocenters. The lowest BCUT2D eigenvalue weighted by Crippen LogP contribution is -2.19. The van der Waals surface area contributed by atoms with Gasteiger partial charge in [0.1, 0.15) is 5.78 Å². The molecule has 1 aliphatic rings. The van der Waals surface area contributed by atoms with Crippen LogP contribution in [-0.2, 0) is 11.3 Å². The highest BCUT2D eigenvalue weighted by atomic mass is 16.1. The lowest BCUT2D eigenvalue weighted by atomic mass is 9.85. The SMILES string of the molecule is O=C(CCn1cnc2ccccc21)C1CCCCC1. The normalized spacial score (nSPS) is 16.8. The van der Waals surface area contributed by atoms with Crippen LogP contribution in [0, 0.1) is 5.92 Å². The zero-order valence-electron chi connectivity index (χ0n) is 11.2. The number of carbonyl (C=O) groups excluding carboxylic acids is 1. The van der Waals surface area contributed by atoms with Crippen molar-refractivity contribution >= 4 is 16.8 Å². The molecule has 3 rings (SSSR count). The van der Waals surface area contributed by atoms with Crippen molar-refractivity contribution in [2.45, 2.75) is 45.1 Å². The summed E-state index contributed by atoms with van der Waals surface area (Å²) in [5.74, 6) is 0.765. The summed E-state index contributed by atoms with van der Waals surface area (Å²) in [5.41, 5.74) is 2.13. The van der Waals surface area contributed by atoms with Gasteiger partial charge in [0.25, 0.3) is 0 Å². The Morgan fingerprint density at radius 2 is 2.00 bits per heavy atom. The number of aryl methyl sites for hydroxylation is 1. The molecule has 0 saturated heterocycles. The second-order valence-electron chi connectivity index (χ2n) is 5.48. The number of ketones is 1. The molecule has 0 atom stereocenters. The van der Waals surface area contributed by atoms with E-state index in [9.17, 15) is 4.79 Å². The van der Waals surface area contributed by atoms with Crippen LogP contribution < -0.4 is 0 Å². The Bertz CT molecular complexity index is 567. The van der Waals surface area contributed by atoms with E-state index in [1.54, 1.807) is 0 Å². The summed E-state index contributed by atoms with van der Waals surface area (Å²) in [6.07, 6.45) is 8.45. The van der Waals surface area contributed by atoms with Crippen molar-refractivity contribution in [2.75, 3.05) is 0 Å². The quantitative estimate of drug-likeness (QED) is 0.838. The molecule has 3 heteroatoms. The van der Waals surface area contributed by atoms with Crippen LogP contribution in [0.15, 0.2) is 30.6 Å². The molecule has 1 aromatic heterocycles. The van der Waals surface area contributed by atoms with Crippen molar-refractivity contribution in [1.82, 2.24) is 9.55 Å². The standard InChI is InChI=1S/C16H20N2O/c19-16(13-6-2-1-3-7-13)10-11-18-12-17-14-8-4-5-9-15(14)18/h4-5,8-9,12-13H,1-3,6-7,10-11H2. The topological polar surface area (TPSA) is 34.9 Å². The van der Waals surface area contributed by atoms with Crippen LogP contribution in [0.25, 0.3) is 11.0 Å². The van der Waals surface area contributed by atoms with E-state index in [0.29, 0.717) is 18.1 Å². The molecule has 2 aromatic rings. The number of carbonyl (C=O) groups is 1. The molecular weight excluding hydrogens is 236 g/mol. The lowest BCUT2D eigenvalue weighted by Gasteiger charge is -2.20. The van der Waals surface area contributed by atoms with E-state index in [0.717, 1.165) is 30.4 Å². The smallest absolute Gasteiger partial charge is 0.137 e. The van der Waals surface area contributed by atoms with Gasteiger partial charge in [-0.3, -0.25) is 4.79 Å². The minimum absolute atomic E-state index is 0.323. The number of aromatic nitrogens is 2. The molecule has 1 aliphatic carbocycles. The molecule has 1 saturated carbocycles. The molecule has 0 amide bonds. The summed E-state index contributed by atoms with van der Waals surface area (Å²) in [5, 5.41) is 0. The summed E-state index contributed by atoms with van der Waals surface area (Å²) >= 11 is 0. The predicted octanol–water partition coefficient (Wildman–Crippen LogP) is 3.58. The van der Waals surface area contributed by atoms with Gasteiger partial charge in [-0.15, -0.1) is 0 Å². The number of hydrogen-bond donors (Lipinski definition) is 0. The van der Waals surface area contributed by atoms with E-state index in [1.165, 1.54) is 19.3 Å². The molecule has 0 spiro atoms. The van der Waals surface area contributed by atoms with Crippen molar-refractivity contribution in [1.29, 1.82) is 0 Å². The maximum atomic E-state index is 12.2. The number of para-hydroxylation sites is 2. The summed E-state index contributed by atoms with van der Waals surface area (Å²) in [7, 11) is 0. The highest BCUT2D eigenvalue weighted by Crippen LogP contribution is 2.25. The summed E-state index contributed by atoms with van der Waals surface area (Å²) in [6, 6.07) is 8.08. The van der Waals surface area contributed by atoms with Gasteiger partial charge in [0, 0.05) is 18.9 Å². The molecule has 3 nitrogen and oxygen atoms in total.